The van der Waals surface area contributed by atoms with Crippen molar-refractivity contribution in [2.75, 3.05) is 39.0 Å². The number of sulfonamides is 1. The van der Waals surface area contributed by atoms with Gasteiger partial charge in [-0.15, -0.1) is 11.3 Å². The lowest BCUT2D eigenvalue weighted by Crippen LogP contribution is -2.51. The van der Waals surface area contributed by atoms with Gasteiger partial charge in [-0.25, -0.2) is 17.8 Å². The Balaban J connectivity index is 1.51. The largest absolute Gasteiger partial charge is 0.348 e. The maximum Gasteiger partial charge on any atom is 0.251 e. The summed E-state index contributed by atoms with van der Waals surface area (Å²) in [6, 6.07) is 9.43. The number of thiazole rings is 1. The summed E-state index contributed by atoms with van der Waals surface area (Å²) in [5, 5.41) is 5.92. The predicted molar refractivity (Wildman–Crippen MR) is 138 cm³/mol. The number of aromatic nitrogens is 1. The van der Waals surface area contributed by atoms with Gasteiger partial charge in [-0.05, 0) is 48.9 Å². The first-order valence-electron chi connectivity index (χ1n) is 11.1. The van der Waals surface area contributed by atoms with Crippen molar-refractivity contribution in [3.8, 4) is 21.7 Å². The van der Waals surface area contributed by atoms with E-state index in [2.05, 4.69) is 15.2 Å². The number of hydrogen-bond acceptors (Lipinski definition) is 6. The number of rotatable bonds is 7. The number of piperazine rings is 1. The van der Waals surface area contributed by atoms with Crippen LogP contribution in [0.15, 0.2) is 48.0 Å². The predicted octanol–water partition coefficient (Wildman–Crippen LogP) is 3.97. The zero-order valence-corrected chi connectivity index (χ0v) is 21.8. The number of amides is 1. The number of nitrogens with zero attached hydrogens (tertiary/aromatic N) is 3. The minimum atomic E-state index is -3.19. The fourth-order valence-corrected chi connectivity index (χ4v) is 5.84. The minimum Gasteiger partial charge on any atom is -0.348 e. The van der Waals surface area contributed by atoms with E-state index in [4.69, 9.17) is 11.6 Å². The van der Waals surface area contributed by atoms with E-state index in [0.717, 1.165) is 10.6 Å². The highest BCUT2D eigenvalue weighted by Gasteiger charge is 2.24. The van der Waals surface area contributed by atoms with E-state index < -0.39 is 15.8 Å². The molecule has 2 aromatic carbocycles. The van der Waals surface area contributed by atoms with Crippen LogP contribution in [-0.4, -0.2) is 73.5 Å². The molecule has 0 spiro atoms. The molecule has 1 N–H and O–H groups in total. The monoisotopic (exact) mass is 536 g/mol. The van der Waals surface area contributed by atoms with Gasteiger partial charge >= 0.3 is 0 Å². The minimum absolute atomic E-state index is 0.159. The lowest BCUT2D eigenvalue weighted by molar-refractivity contribution is 0.0922. The van der Waals surface area contributed by atoms with Gasteiger partial charge in [-0.3, -0.25) is 9.69 Å². The van der Waals surface area contributed by atoms with E-state index in [1.54, 1.807) is 24.4 Å². The summed E-state index contributed by atoms with van der Waals surface area (Å²) in [5.74, 6) is -0.677. The Morgan fingerprint density at radius 1 is 1.17 bits per heavy atom. The number of carbonyl (C=O) groups excluding carboxylic acids is 1. The Morgan fingerprint density at radius 2 is 1.89 bits per heavy atom. The Hall–Kier alpha value is -2.37. The van der Waals surface area contributed by atoms with Gasteiger partial charge in [-0.1, -0.05) is 11.6 Å². The molecule has 1 fully saturated rings. The molecule has 1 aromatic heterocycles. The molecule has 7 nitrogen and oxygen atoms in total. The summed E-state index contributed by atoms with van der Waals surface area (Å²) < 4.78 is 38.5. The average molecular weight is 537 g/mol. The molecule has 0 radical (unpaired) electrons. The van der Waals surface area contributed by atoms with Crippen LogP contribution in [-0.2, 0) is 10.0 Å². The molecule has 0 aliphatic carbocycles. The van der Waals surface area contributed by atoms with Crippen molar-refractivity contribution in [3.05, 3.63) is 64.4 Å². The summed E-state index contributed by atoms with van der Waals surface area (Å²) in [5.41, 5.74) is 2.53. The Bertz CT molecular complexity index is 1310. The molecule has 35 heavy (non-hydrogen) atoms. The molecule has 1 atom stereocenters. The Morgan fingerprint density at radius 3 is 2.51 bits per heavy atom. The fraction of sp³-hybridized carbons (Fsp3) is 0.333. The van der Waals surface area contributed by atoms with Crippen molar-refractivity contribution in [1.29, 1.82) is 0 Å². The SMILES string of the molecule is CC(CN1CCN(S(C)(=O)=O)CC1)NC(=O)c1cc(-c2nccs2)cc(-c2ccc(F)cc2Cl)c1. The van der Waals surface area contributed by atoms with E-state index >= 15 is 0 Å². The van der Waals surface area contributed by atoms with Crippen LogP contribution in [0.3, 0.4) is 0 Å². The lowest BCUT2D eigenvalue weighted by atomic mass is 9.99. The number of hydrogen-bond donors (Lipinski definition) is 1. The van der Waals surface area contributed by atoms with Gasteiger partial charge in [0.15, 0.2) is 0 Å². The van der Waals surface area contributed by atoms with Crippen LogP contribution in [0.25, 0.3) is 21.7 Å². The van der Waals surface area contributed by atoms with Crippen molar-refractivity contribution in [2.45, 2.75) is 13.0 Å². The third-order valence-electron chi connectivity index (χ3n) is 5.83. The molecule has 0 saturated carbocycles. The van der Waals surface area contributed by atoms with E-state index in [-0.39, 0.29) is 17.0 Å². The van der Waals surface area contributed by atoms with E-state index in [0.29, 0.717) is 49.4 Å². The number of nitrogens with one attached hydrogen (secondary N) is 1. The first kappa shape index (κ1) is 25.7. The first-order chi connectivity index (χ1) is 16.6. The molecule has 2 heterocycles. The zero-order chi connectivity index (χ0) is 25.2. The summed E-state index contributed by atoms with van der Waals surface area (Å²) >= 11 is 7.76. The molecule has 3 aromatic rings. The van der Waals surface area contributed by atoms with Gasteiger partial charge in [0.2, 0.25) is 10.0 Å². The zero-order valence-electron chi connectivity index (χ0n) is 19.4. The molecule has 1 aliphatic rings. The van der Waals surface area contributed by atoms with Crippen molar-refractivity contribution in [2.24, 2.45) is 0 Å². The highest BCUT2D eigenvalue weighted by atomic mass is 35.5. The van der Waals surface area contributed by atoms with Gasteiger partial charge in [-0.2, -0.15) is 4.31 Å². The van der Waals surface area contributed by atoms with Crippen LogP contribution in [0.1, 0.15) is 17.3 Å². The van der Waals surface area contributed by atoms with Gasteiger partial charge in [0.1, 0.15) is 10.8 Å². The van der Waals surface area contributed by atoms with Gasteiger partial charge < -0.3 is 5.32 Å². The smallest absolute Gasteiger partial charge is 0.251 e. The van der Waals surface area contributed by atoms with Crippen LogP contribution in [0, 0.1) is 5.82 Å². The van der Waals surface area contributed by atoms with E-state index in [1.165, 1.54) is 34.0 Å². The molecule has 1 aliphatic heterocycles. The second-order valence-corrected chi connectivity index (χ2v) is 11.9. The standard InChI is InChI=1S/C24H26ClFN4O3S2/c1-16(15-29-6-8-30(9-7-29)35(2,32)33)28-23(31)18-11-17(21-4-3-20(26)14-22(21)25)12-19(13-18)24-27-5-10-34-24/h3-5,10-14,16H,6-9,15H2,1-2H3,(H,28,31). The number of halogens is 2. The quantitative estimate of drug-likeness (QED) is 0.494. The second-order valence-electron chi connectivity index (χ2n) is 8.60. The fourth-order valence-electron chi connectivity index (χ4n) is 4.11. The molecule has 1 saturated heterocycles. The number of benzene rings is 2. The highest BCUT2D eigenvalue weighted by molar-refractivity contribution is 7.88. The number of carbonyl (C=O) groups is 1. The second kappa shape index (κ2) is 10.7. The van der Waals surface area contributed by atoms with Crippen LogP contribution >= 0.6 is 22.9 Å². The van der Waals surface area contributed by atoms with Crippen molar-refractivity contribution >= 4 is 38.9 Å². The van der Waals surface area contributed by atoms with Crippen LogP contribution in [0.2, 0.25) is 5.02 Å². The normalized spacial score (nSPS) is 16.2. The topological polar surface area (TPSA) is 82.6 Å². The van der Waals surface area contributed by atoms with Crippen molar-refractivity contribution in [3.63, 3.8) is 0 Å². The average Bonchev–Trinajstić information content (AvgIpc) is 3.33. The summed E-state index contributed by atoms with van der Waals surface area (Å²) in [7, 11) is -3.19. The molecule has 1 amide bonds. The third-order valence-corrected chi connectivity index (χ3v) is 8.26. The van der Waals surface area contributed by atoms with Crippen LogP contribution in [0.4, 0.5) is 4.39 Å². The molecule has 4 rings (SSSR count). The molecular weight excluding hydrogens is 511 g/mol. The maximum atomic E-state index is 13.6. The first-order valence-corrected chi connectivity index (χ1v) is 14.2. The van der Waals surface area contributed by atoms with E-state index in [1.807, 2.05) is 18.4 Å². The van der Waals surface area contributed by atoms with Gasteiger partial charge in [0.05, 0.1) is 11.3 Å². The summed E-state index contributed by atoms with van der Waals surface area (Å²) in [4.78, 5) is 19.7. The maximum absolute atomic E-state index is 13.6. The van der Waals surface area contributed by atoms with Gasteiger partial charge in [0, 0.05) is 67.0 Å². The molecule has 186 valence electrons. The molecule has 1 unspecified atom stereocenters. The van der Waals surface area contributed by atoms with Crippen LogP contribution < -0.4 is 5.32 Å². The van der Waals surface area contributed by atoms with Crippen molar-refractivity contribution < 1.29 is 17.6 Å². The van der Waals surface area contributed by atoms with E-state index in [9.17, 15) is 17.6 Å². The molecule has 11 heteroatoms. The van der Waals surface area contributed by atoms with Gasteiger partial charge in [0.25, 0.3) is 5.91 Å². The summed E-state index contributed by atoms with van der Waals surface area (Å²) in [6.07, 6.45) is 2.92. The Labute approximate surface area is 213 Å². The molecule has 0 bridgehead atoms. The van der Waals surface area contributed by atoms with Crippen LogP contribution in [0.5, 0.6) is 0 Å². The van der Waals surface area contributed by atoms with Crippen molar-refractivity contribution in [1.82, 2.24) is 19.5 Å². The third kappa shape index (κ3) is 6.45. The Kier molecular flexibility index (Phi) is 7.87. The molecular formula is C24H26ClFN4O3S2. The summed E-state index contributed by atoms with van der Waals surface area (Å²) in [6.45, 7) is 4.63. The lowest BCUT2D eigenvalue weighted by Gasteiger charge is -2.34. The highest BCUT2D eigenvalue weighted by Crippen LogP contribution is 2.33.